The summed E-state index contributed by atoms with van der Waals surface area (Å²) >= 11 is 0. The van der Waals surface area contributed by atoms with Gasteiger partial charge in [-0.25, -0.2) is 4.79 Å². The predicted molar refractivity (Wildman–Crippen MR) is 87.2 cm³/mol. The first-order valence-electron chi connectivity index (χ1n) is 7.55. The number of aromatic nitrogens is 2. The van der Waals surface area contributed by atoms with E-state index < -0.39 is 5.60 Å². The number of carbonyl (C=O) groups excluding carboxylic acids is 1. The lowest BCUT2D eigenvalue weighted by Gasteiger charge is -2.24. The van der Waals surface area contributed by atoms with Gasteiger partial charge in [0.25, 0.3) is 0 Å². The van der Waals surface area contributed by atoms with Crippen LogP contribution in [-0.4, -0.2) is 26.8 Å². The molecule has 0 fully saturated rings. The van der Waals surface area contributed by atoms with Crippen molar-refractivity contribution in [2.24, 2.45) is 0 Å². The second-order valence-electron chi connectivity index (χ2n) is 6.55. The smallest absolute Gasteiger partial charge is 0.410 e. The molecule has 1 aromatic carbocycles. The number of ether oxygens (including phenoxy) is 1. The SMILES string of the molecule is CC(C)(C)OC(=O)N1Cc2ccc(Nc3cccnn3)cc2C1. The highest BCUT2D eigenvalue weighted by Gasteiger charge is 2.27. The molecule has 23 heavy (non-hydrogen) atoms. The lowest BCUT2D eigenvalue weighted by molar-refractivity contribution is 0.0242. The number of nitrogens with zero attached hydrogens (tertiary/aromatic N) is 3. The first-order chi connectivity index (χ1) is 10.9. The van der Waals surface area contributed by atoms with Gasteiger partial charge in [-0.1, -0.05) is 6.07 Å². The van der Waals surface area contributed by atoms with E-state index in [9.17, 15) is 4.79 Å². The summed E-state index contributed by atoms with van der Waals surface area (Å²) < 4.78 is 5.43. The number of anilines is 2. The fraction of sp³-hybridized carbons (Fsp3) is 0.353. The molecular formula is C17H20N4O2. The molecule has 1 aromatic heterocycles. The Morgan fingerprint density at radius 1 is 1.22 bits per heavy atom. The fourth-order valence-corrected chi connectivity index (χ4v) is 2.44. The molecule has 0 bridgehead atoms. The lowest BCUT2D eigenvalue weighted by Crippen LogP contribution is -2.33. The normalized spacial score (nSPS) is 13.6. The van der Waals surface area contributed by atoms with Crippen LogP contribution in [0.2, 0.25) is 0 Å². The molecule has 6 nitrogen and oxygen atoms in total. The van der Waals surface area contributed by atoms with Crippen LogP contribution in [0, 0.1) is 0 Å². The number of benzene rings is 1. The topological polar surface area (TPSA) is 67.3 Å². The van der Waals surface area contributed by atoms with Crippen LogP contribution in [0.3, 0.4) is 0 Å². The van der Waals surface area contributed by atoms with Crippen molar-refractivity contribution in [3.05, 3.63) is 47.7 Å². The molecule has 0 spiro atoms. The number of hydrogen-bond acceptors (Lipinski definition) is 5. The summed E-state index contributed by atoms with van der Waals surface area (Å²) in [4.78, 5) is 13.9. The number of hydrogen-bond donors (Lipinski definition) is 1. The Kier molecular flexibility index (Phi) is 3.90. The van der Waals surface area contributed by atoms with Crippen LogP contribution >= 0.6 is 0 Å². The van der Waals surface area contributed by atoms with Gasteiger partial charge in [0.05, 0.1) is 0 Å². The zero-order valence-corrected chi connectivity index (χ0v) is 13.5. The summed E-state index contributed by atoms with van der Waals surface area (Å²) in [6.07, 6.45) is 1.35. The Morgan fingerprint density at radius 3 is 2.70 bits per heavy atom. The molecule has 1 aliphatic rings. The molecular weight excluding hydrogens is 292 g/mol. The summed E-state index contributed by atoms with van der Waals surface area (Å²) in [6, 6.07) is 9.72. The van der Waals surface area contributed by atoms with Crippen LogP contribution in [0.15, 0.2) is 36.5 Å². The van der Waals surface area contributed by atoms with Gasteiger partial charge in [-0.05, 0) is 56.2 Å². The van der Waals surface area contributed by atoms with Gasteiger partial charge < -0.3 is 10.1 Å². The van der Waals surface area contributed by atoms with Crippen molar-refractivity contribution in [1.82, 2.24) is 15.1 Å². The van der Waals surface area contributed by atoms with Gasteiger partial charge in [-0.15, -0.1) is 5.10 Å². The number of amides is 1. The third kappa shape index (κ3) is 3.77. The molecule has 0 saturated heterocycles. The first-order valence-corrected chi connectivity index (χ1v) is 7.55. The number of fused-ring (bicyclic) bond motifs is 1. The average molecular weight is 312 g/mol. The van der Waals surface area contributed by atoms with Crippen molar-refractivity contribution in [3.63, 3.8) is 0 Å². The maximum atomic E-state index is 12.2. The Hall–Kier alpha value is -2.63. The molecule has 0 radical (unpaired) electrons. The zero-order valence-electron chi connectivity index (χ0n) is 13.5. The molecule has 0 saturated carbocycles. The van der Waals surface area contributed by atoms with E-state index in [-0.39, 0.29) is 6.09 Å². The van der Waals surface area contributed by atoms with E-state index in [2.05, 4.69) is 15.5 Å². The van der Waals surface area contributed by atoms with Gasteiger partial charge in [0, 0.05) is 25.0 Å². The largest absolute Gasteiger partial charge is 0.444 e. The lowest BCUT2D eigenvalue weighted by atomic mass is 10.1. The van der Waals surface area contributed by atoms with Gasteiger partial charge in [-0.2, -0.15) is 5.10 Å². The summed E-state index contributed by atoms with van der Waals surface area (Å²) in [5, 5.41) is 11.1. The van der Waals surface area contributed by atoms with Crippen LogP contribution in [0.5, 0.6) is 0 Å². The molecule has 6 heteroatoms. The van der Waals surface area contributed by atoms with Gasteiger partial charge in [0.1, 0.15) is 5.60 Å². The van der Waals surface area contributed by atoms with Gasteiger partial charge >= 0.3 is 6.09 Å². The van der Waals surface area contributed by atoms with Gasteiger partial charge in [0.15, 0.2) is 5.82 Å². The van der Waals surface area contributed by atoms with Gasteiger partial charge in [-0.3, -0.25) is 4.90 Å². The van der Waals surface area contributed by atoms with Crippen molar-refractivity contribution in [2.75, 3.05) is 5.32 Å². The standard InChI is InChI=1S/C17H20N4O2/c1-17(2,3)23-16(22)21-10-12-6-7-14(9-13(12)11-21)19-15-5-4-8-18-20-15/h4-9H,10-11H2,1-3H3,(H,19,20). The molecule has 2 heterocycles. The second-order valence-corrected chi connectivity index (χ2v) is 6.55. The average Bonchev–Trinajstić information content (AvgIpc) is 2.90. The summed E-state index contributed by atoms with van der Waals surface area (Å²) in [5.74, 6) is 0.689. The quantitative estimate of drug-likeness (QED) is 0.919. The van der Waals surface area contributed by atoms with E-state index >= 15 is 0 Å². The number of rotatable bonds is 2. The van der Waals surface area contributed by atoms with Crippen molar-refractivity contribution in [2.45, 2.75) is 39.5 Å². The molecule has 1 N–H and O–H groups in total. The highest BCUT2D eigenvalue weighted by Crippen LogP contribution is 2.28. The Morgan fingerprint density at radius 2 is 2.00 bits per heavy atom. The van der Waals surface area contributed by atoms with E-state index in [1.807, 2.05) is 51.1 Å². The predicted octanol–water partition coefficient (Wildman–Crippen LogP) is 3.47. The maximum absolute atomic E-state index is 12.2. The van der Waals surface area contributed by atoms with Crippen molar-refractivity contribution < 1.29 is 9.53 Å². The Balaban J connectivity index is 1.70. The first kappa shape index (κ1) is 15.3. The summed E-state index contributed by atoms with van der Waals surface area (Å²) in [5.41, 5.74) is 2.70. The van der Waals surface area contributed by atoms with Crippen molar-refractivity contribution in [1.29, 1.82) is 0 Å². The molecule has 0 atom stereocenters. The minimum Gasteiger partial charge on any atom is -0.444 e. The van der Waals surface area contributed by atoms with Crippen LogP contribution < -0.4 is 5.32 Å². The Bertz CT molecular complexity index is 710. The van der Waals surface area contributed by atoms with E-state index in [0.717, 1.165) is 16.8 Å². The molecule has 2 aromatic rings. The summed E-state index contributed by atoms with van der Waals surface area (Å²) in [7, 11) is 0. The molecule has 120 valence electrons. The summed E-state index contributed by atoms with van der Waals surface area (Å²) in [6.45, 7) is 6.75. The van der Waals surface area contributed by atoms with E-state index in [1.54, 1.807) is 11.1 Å². The molecule has 1 amide bonds. The second kappa shape index (κ2) is 5.87. The number of carbonyl (C=O) groups is 1. The molecule has 1 aliphatic heterocycles. The zero-order chi connectivity index (χ0) is 16.4. The monoisotopic (exact) mass is 312 g/mol. The molecule has 0 aliphatic carbocycles. The molecule has 0 unspecified atom stereocenters. The van der Waals surface area contributed by atoms with E-state index in [0.29, 0.717) is 18.9 Å². The minimum atomic E-state index is -0.482. The highest BCUT2D eigenvalue weighted by molar-refractivity contribution is 5.70. The molecule has 3 rings (SSSR count). The third-order valence-corrected chi connectivity index (χ3v) is 3.43. The van der Waals surface area contributed by atoms with Gasteiger partial charge in [0.2, 0.25) is 0 Å². The fourth-order valence-electron chi connectivity index (χ4n) is 2.44. The van der Waals surface area contributed by atoms with Crippen LogP contribution in [0.4, 0.5) is 16.3 Å². The highest BCUT2D eigenvalue weighted by atomic mass is 16.6. The number of nitrogens with one attached hydrogen (secondary N) is 1. The van der Waals surface area contributed by atoms with Crippen LogP contribution in [0.25, 0.3) is 0 Å². The van der Waals surface area contributed by atoms with Crippen molar-refractivity contribution in [3.8, 4) is 0 Å². The van der Waals surface area contributed by atoms with Crippen LogP contribution in [-0.2, 0) is 17.8 Å². The van der Waals surface area contributed by atoms with Crippen LogP contribution in [0.1, 0.15) is 31.9 Å². The maximum Gasteiger partial charge on any atom is 0.410 e. The Labute approximate surface area is 135 Å². The minimum absolute atomic E-state index is 0.280. The van der Waals surface area contributed by atoms with E-state index in [1.165, 1.54) is 0 Å². The third-order valence-electron chi connectivity index (χ3n) is 3.43. The van der Waals surface area contributed by atoms with E-state index in [4.69, 9.17) is 4.74 Å². The van der Waals surface area contributed by atoms with Crippen molar-refractivity contribution >= 4 is 17.6 Å².